The van der Waals surface area contributed by atoms with Gasteiger partial charge in [0.05, 0.1) is 23.8 Å². The number of rotatable bonds is 6. The van der Waals surface area contributed by atoms with Gasteiger partial charge < -0.3 is 10.6 Å². The van der Waals surface area contributed by atoms with Crippen molar-refractivity contribution in [1.29, 1.82) is 0 Å². The van der Waals surface area contributed by atoms with Gasteiger partial charge in [-0.25, -0.2) is 0 Å². The maximum absolute atomic E-state index is 12.3. The molecular formula is C19H28ClN3O2. The fourth-order valence-corrected chi connectivity index (χ4v) is 3.52. The van der Waals surface area contributed by atoms with Crippen LogP contribution in [0.25, 0.3) is 0 Å². The third kappa shape index (κ3) is 6.01. The molecule has 6 heteroatoms. The third-order valence-corrected chi connectivity index (χ3v) is 5.36. The van der Waals surface area contributed by atoms with Gasteiger partial charge in [-0.2, -0.15) is 0 Å². The summed E-state index contributed by atoms with van der Waals surface area (Å²) in [4.78, 5) is 26.1. The number of halogens is 1. The maximum atomic E-state index is 12.3. The first kappa shape index (κ1) is 19.7. The summed E-state index contributed by atoms with van der Waals surface area (Å²) >= 11 is 6.03. The first-order chi connectivity index (χ1) is 11.9. The van der Waals surface area contributed by atoms with Gasteiger partial charge in [-0.1, -0.05) is 50.4 Å². The van der Waals surface area contributed by atoms with E-state index in [2.05, 4.69) is 24.5 Å². The smallest absolute Gasteiger partial charge is 0.238 e. The van der Waals surface area contributed by atoms with Crippen LogP contribution in [0, 0.1) is 11.8 Å². The fourth-order valence-electron chi connectivity index (χ4n) is 3.34. The van der Waals surface area contributed by atoms with Gasteiger partial charge in [0.1, 0.15) is 0 Å². The molecule has 0 aliphatic heterocycles. The fraction of sp³-hybridized carbons (Fsp3) is 0.579. The molecule has 1 aromatic rings. The second-order valence-electron chi connectivity index (χ2n) is 7.14. The Morgan fingerprint density at radius 2 is 1.84 bits per heavy atom. The molecule has 5 nitrogen and oxygen atoms in total. The summed E-state index contributed by atoms with van der Waals surface area (Å²) < 4.78 is 0. The molecule has 0 spiro atoms. The number of para-hydroxylation sites is 1. The van der Waals surface area contributed by atoms with Crippen LogP contribution in [0.2, 0.25) is 5.02 Å². The predicted molar refractivity (Wildman–Crippen MR) is 102 cm³/mol. The molecule has 2 rings (SSSR count). The Kier molecular flexibility index (Phi) is 7.26. The molecule has 1 saturated carbocycles. The molecule has 1 aliphatic carbocycles. The highest BCUT2D eigenvalue weighted by atomic mass is 35.5. The first-order valence-electron chi connectivity index (χ1n) is 8.89. The van der Waals surface area contributed by atoms with Crippen LogP contribution in [0.15, 0.2) is 24.3 Å². The van der Waals surface area contributed by atoms with Crippen molar-refractivity contribution in [3.05, 3.63) is 29.3 Å². The standard InChI is InChI=1S/C19H28ClN3O2/c1-13-7-6-10-16(14(13)2)21-18(24)11-23(3)12-19(25)22-17-9-5-4-8-15(17)20/h4-5,8-9,13-14,16H,6-7,10-12H2,1-3H3,(H,21,24)(H,22,25). The zero-order valence-corrected chi connectivity index (χ0v) is 16.0. The van der Waals surface area contributed by atoms with E-state index in [9.17, 15) is 9.59 Å². The van der Waals surface area contributed by atoms with Crippen LogP contribution in [0.3, 0.4) is 0 Å². The van der Waals surface area contributed by atoms with E-state index in [0.29, 0.717) is 22.5 Å². The molecule has 1 fully saturated rings. The van der Waals surface area contributed by atoms with Crippen molar-refractivity contribution in [3.63, 3.8) is 0 Å². The van der Waals surface area contributed by atoms with E-state index in [0.717, 1.165) is 12.8 Å². The number of hydrogen-bond acceptors (Lipinski definition) is 3. The molecule has 0 bridgehead atoms. The average Bonchev–Trinajstić information content (AvgIpc) is 2.53. The van der Waals surface area contributed by atoms with E-state index in [4.69, 9.17) is 11.6 Å². The number of anilines is 1. The molecule has 0 saturated heterocycles. The van der Waals surface area contributed by atoms with Crippen LogP contribution in [0.5, 0.6) is 0 Å². The Morgan fingerprint density at radius 3 is 2.56 bits per heavy atom. The Hall–Kier alpha value is -1.59. The van der Waals surface area contributed by atoms with Gasteiger partial charge in [0.2, 0.25) is 11.8 Å². The van der Waals surface area contributed by atoms with E-state index in [1.807, 2.05) is 12.1 Å². The van der Waals surface area contributed by atoms with Crippen molar-refractivity contribution in [2.45, 2.75) is 39.2 Å². The van der Waals surface area contributed by atoms with Gasteiger partial charge in [-0.05, 0) is 37.4 Å². The monoisotopic (exact) mass is 365 g/mol. The number of likely N-dealkylation sites (N-methyl/N-ethyl adjacent to an activating group) is 1. The largest absolute Gasteiger partial charge is 0.352 e. The lowest BCUT2D eigenvalue weighted by molar-refractivity contribution is -0.124. The number of benzene rings is 1. The van der Waals surface area contributed by atoms with Gasteiger partial charge >= 0.3 is 0 Å². The quantitative estimate of drug-likeness (QED) is 0.814. The summed E-state index contributed by atoms with van der Waals surface area (Å²) in [5, 5.41) is 6.39. The van der Waals surface area contributed by atoms with Gasteiger partial charge in [0.15, 0.2) is 0 Å². The van der Waals surface area contributed by atoms with Crippen molar-refractivity contribution in [1.82, 2.24) is 10.2 Å². The molecule has 0 heterocycles. The van der Waals surface area contributed by atoms with Crippen LogP contribution < -0.4 is 10.6 Å². The zero-order chi connectivity index (χ0) is 18.4. The number of nitrogens with one attached hydrogen (secondary N) is 2. The Bertz CT molecular complexity index is 608. The zero-order valence-electron chi connectivity index (χ0n) is 15.2. The highest BCUT2D eigenvalue weighted by Crippen LogP contribution is 2.29. The van der Waals surface area contributed by atoms with E-state index >= 15 is 0 Å². The van der Waals surface area contributed by atoms with Crippen molar-refractivity contribution in [2.24, 2.45) is 11.8 Å². The number of carbonyl (C=O) groups is 2. The number of amides is 2. The lowest BCUT2D eigenvalue weighted by atomic mass is 9.78. The maximum Gasteiger partial charge on any atom is 0.238 e. The van der Waals surface area contributed by atoms with Crippen LogP contribution in [-0.2, 0) is 9.59 Å². The molecule has 3 atom stereocenters. The highest BCUT2D eigenvalue weighted by molar-refractivity contribution is 6.33. The summed E-state index contributed by atoms with van der Waals surface area (Å²) in [7, 11) is 1.76. The first-order valence-corrected chi connectivity index (χ1v) is 9.27. The van der Waals surface area contributed by atoms with Crippen LogP contribution in [-0.4, -0.2) is 42.9 Å². The van der Waals surface area contributed by atoms with Gasteiger partial charge in [0.25, 0.3) is 0 Å². The minimum absolute atomic E-state index is 0.0287. The van der Waals surface area contributed by atoms with Gasteiger partial charge in [-0.3, -0.25) is 14.5 Å². The van der Waals surface area contributed by atoms with Crippen molar-refractivity contribution >= 4 is 29.1 Å². The summed E-state index contributed by atoms with van der Waals surface area (Å²) in [5.74, 6) is 0.909. The third-order valence-electron chi connectivity index (χ3n) is 5.03. The summed E-state index contributed by atoms with van der Waals surface area (Å²) in [6.45, 7) is 4.78. The van der Waals surface area contributed by atoms with Gasteiger partial charge in [0, 0.05) is 6.04 Å². The normalized spacial score (nSPS) is 23.3. The molecule has 1 aliphatic rings. The average molecular weight is 366 g/mol. The number of nitrogens with zero attached hydrogens (tertiary/aromatic N) is 1. The topological polar surface area (TPSA) is 61.4 Å². The molecule has 3 unspecified atom stereocenters. The SMILES string of the molecule is CC1CCCC(NC(=O)CN(C)CC(=O)Nc2ccccc2Cl)C1C. The highest BCUT2D eigenvalue weighted by Gasteiger charge is 2.28. The molecule has 138 valence electrons. The van der Waals surface area contributed by atoms with Crippen LogP contribution in [0.4, 0.5) is 5.69 Å². The van der Waals surface area contributed by atoms with Crippen molar-refractivity contribution in [2.75, 3.05) is 25.5 Å². The summed E-state index contributed by atoms with van der Waals surface area (Å²) in [6, 6.07) is 7.33. The van der Waals surface area contributed by atoms with Crippen molar-refractivity contribution in [3.8, 4) is 0 Å². The molecule has 2 amide bonds. The van der Waals surface area contributed by atoms with E-state index in [-0.39, 0.29) is 30.9 Å². The summed E-state index contributed by atoms with van der Waals surface area (Å²) in [5.41, 5.74) is 0.581. The van der Waals surface area contributed by atoms with Crippen molar-refractivity contribution < 1.29 is 9.59 Å². The predicted octanol–water partition coefficient (Wildman–Crippen LogP) is 3.15. The van der Waals surface area contributed by atoms with E-state index in [1.54, 1.807) is 24.1 Å². The summed E-state index contributed by atoms with van der Waals surface area (Å²) in [6.07, 6.45) is 3.43. The molecular weight excluding hydrogens is 338 g/mol. The Morgan fingerprint density at radius 1 is 1.16 bits per heavy atom. The lowest BCUT2D eigenvalue weighted by Crippen LogP contribution is -2.47. The van der Waals surface area contributed by atoms with Gasteiger partial charge in [-0.15, -0.1) is 0 Å². The Balaban J connectivity index is 1.77. The lowest BCUT2D eigenvalue weighted by Gasteiger charge is -2.34. The number of carbonyl (C=O) groups excluding carboxylic acids is 2. The van der Waals surface area contributed by atoms with Crippen LogP contribution in [0.1, 0.15) is 33.1 Å². The minimum atomic E-state index is -0.192. The molecule has 2 N–H and O–H groups in total. The van der Waals surface area contributed by atoms with Crippen LogP contribution >= 0.6 is 11.6 Å². The Labute approximate surface area is 155 Å². The molecule has 0 radical (unpaired) electrons. The van der Waals surface area contributed by atoms with E-state index < -0.39 is 0 Å². The molecule has 25 heavy (non-hydrogen) atoms. The second kappa shape index (κ2) is 9.20. The second-order valence-corrected chi connectivity index (χ2v) is 7.55. The minimum Gasteiger partial charge on any atom is -0.352 e. The number of hydrogen-bond donors (Lipinski definition) is 2. The van der Waals surface area contributed by atoms with E-state index in [1.165, 1.54) is 6.42 Å². The molecule has 1 aromatic carbocycles. The molecule has 0 aromatic heterocycles.